The molecule has 1 saturated heterocycles. The quantitative estimate of drug-likeness (QED) is 0.462. The molecule has 0 aliphatic carbocycles. The van der Waals surface area contributed by atoms with Gasteiger partial charge in [0.1, 0.15) is 0 Å². The molecule has 1 fully saturated rings. The number of amides is 3. The van der Waals surface area contributed by atoms with Crippen molar-refractivity contribution in [3.05, 3.63) is 39.9 Å². The summed E-state index contributed by atoms with van der Waals surface area (Å²) in [5.74, 6) is -1.03. The lowest BCUT2D eigenvalue weighted by molar-refractivity contribution is -0.384. The first-order valence-electron chi connectivity index (χ1n) is 7.71. The van der Waals surface area contributed by atoms with Crippen molar-refractivity contribution in [2.75, 3.05) is 32.7 Å². The van der Waals surface area contributed by atoms with Gasteiger partial charge in [-0.15, -0.1) is 0 Å². The Bertz CT molecular complexity index is 661. The van der Waals surface area contributed by atoms with E-state index in [1.165, 1.54) is 17.0 Å². The minimum Gasteiger partial charge on any atom is -0.346 e. The van der Waals surface area contributed by atoms with Gasteiger partial charge in [-0.1, -0.05) is 12.1 Å². The fourth-order valence-corrected chi connectivity index (χ4v) is 2.24. The maximum Gasteiger partial charge on any atom is 0.269 e. The molecule has 0 aromatic heterocycles. The Morgan fingerprint density at radius 1 is 1.00 bits per heavy atom. The molecule has 1 heterocycles. The summed E-state index contributed by atoms with van der Waals surface area (Å²) >= 11 is 0. The fourth-order valence-electron chi connectivity index (χ4n) is 2.24. The average molecular weight is 349 g/mol. The Morgan fingerprint density at radius 3 is 2.32 bits per heavy atom. The van der Waals surface area contributed by atoms with Crippen LogP contribution in [0.1, 0.15) is 5.56 Å². The van der Waals surface area contributed by atoms with Crippen LogP contribution in [0.2, 0.25) is 0 Å². The zero-order valence-electron chi connectivity index (χ0n) is 13.5. The highest BCUT2D eigenvalue weighted by molar-refractivity contribution is 5.88. The molecular weight excluding hydrogens is 330 g/mol. The van der Waals surface area contributed by atoms with Crippen LogP contribution in [-0.4, -0.2) is 60.3 Å². The topological polar surface area (TPSA) is 134 Å². The van der Waals surface area contributed by atoms with E-state index in [9.17, 15) is 24.5 Å². The second kappa shape index (κ2) is 8.73. The number of carbonyl (C=O) groups is 3. The molecular formula is C15H19N5O5. The van der Waals surface area contributed by atoms with Crippen molar-refractivity contribution >= 4 is 23.4 Å². The molecule has 0 unspecified atom stereocenters. The van der Waals surface area contributed by atoms with E-state index in [2.05, 4.69) is 16.0 Å². The zero-order valence-corrected chi connectivity index (χ0v) is 13.5. The van der Waals surface area contributed by atoms with Gasteiger partial charge >= 0.3 is 0 Å². The molecule has 0 spiro atoms. The lowest BCUT2D eigenvalue weighted by atomic mass is 10.2. The first kappa shape index (κ1) is 18.3. The predicted octanol–water partition coefficient (Wildman–Crippen LogP) is -1.24. The molecule has 3 amide bonds. The minimum atomic E-state index is -0.490. The summed E-state index contributed by atoms with van der Waals surface area (Å²) < 4.78 is 0. The highest BCUT2D eigenvalue weighted by Crippen LogP contribution is 2.13. The first-order valence-corrected chi connectivity index (χ1v) is 7.71. The third-order valence-corrected chi connectivity index (χ3v) is 3.60. The molecule has 0 radical (unpaired) electrons. The molecule has 1 aliphatic heterocycles. The predicted molar refractivity (Wildman–Crippen MR) is 87.4 cm³/mol. The number of rotatable bonds is 3. The summed E-state index contributed by atoms with van der Waals surface area (Å²) in [5, 5.41) is 18.5. The molecule has 0 saturated carbocycles. The summed E-state index contributed by atoms with van der Waals surface area (Å²) in [7, 11) is 0. The van der Waals surface area contributed by atoms with Gasteiger partial charge in [0.05, 0.1) is 24.6 Å². The molecule has 1 aromatic rings. The smallest absolute Gasteiger partial charge is 0.269 e. The van der Waals surface area contributed by atoms with Crippen molar-refractivity contribution in [2.24, 2.45) is 0 Å². The number of nitro benzene ring substituents is 1. The van der Waals surface area contributed by atoms with Crippen molar-refractivity contribution in [1.29, 1.82) is 0 Å². The van der Waals surface area contributed by atoms with Crippen LogP contribution in [0, 0.1) is 10.1 Å². The summed E-state index contributed by atoms with van der Waals surface area (Å²) in [6, 6.07) is 5.92. The normalized spacial score (nSPS) is 17.1. The molecule has 134 valence electrons. The van der Waals surface area contributed by atoms with E-state index in [0.717, 1.165) is 5.56 Å². The van der Waals surface area contributed by atoms with Gasteiger partial charge in [0, 0.05) is 31.8 Å². The highest BCUT2D eigenvalue weighted by atomic mass is 16.6. The monoisotopic (exact) mass is 349 g/mol. The number of nitrogens with zero attached hydrogens (tertiary/aromatic N) is 2. The van der Waals surface area contributed by atoms with Crippen LogP contribution < -0.4 is 16.0 Å². The Morgan fingerprint density at radius 2 is 1.64 bits per heavy atom. The molecule has 25 heavy (non-hydrogen) atoms. The number of benzene rings is 1. The zero-order chi connectivity index (χ0) is 18.2. The number of nitrogens with one attached hydrogen (secondary N) is 3. The van der Waals surface area contributed by atoms with Crippen LogP contribution in [0.25, 0.3) is 0 Å². The molecule has 1 aliphatic rings. The molecule has 10 nitrogen and oxygen atoms in total. The van der Waals surface area contributed by atoms with Gasteiger partial charge in [0.25, 0.3) is 5.69 Å². The summed E-state index contributed by atoms with van der Waals surface area (Å²) in [4.78, 5) is 47.1. The number of hydrogen-bond acceptors (Lipinski definition) is 6. The maximum atomic E-state index is 12.3. The van der Waals surface area contributed by atoms with Crippen molar-refractivity contribution in [3.63, 3.8) is 0 Å². The van der Waals surface area contributed by atoms with Gasteiger partial charge in [0.15, 0.2) is 0 Å². The number of non-ortho nitro benzene ring substituents is 1. The first-order chi connectivity index (χ1) is 12.0. The van der Waals surface area contributed by atoms with Gasteiger partial charge in [-0.3, -0.25) is 24.5 Å². The van der Waals surface area contributed by atoms with Crippen LogP contribution in [0.4, 0.5) is 5.69 Å². The van der Waals surface area contributed by atoms with E-state index in [4.69, 9.17) is 0 Å². The number of nitro groups is 1. The molecule has 3 N–H and O–H groups in total. The van der Waals surface area contributed by atoms with Crippen LogP contribution in [0.5, 0.6) is 0 Å². The second-order valence-electron chi connectivity index (χ2n) is 5.47. The Kier molecular flexibility index (Phi) is 6.40. The number of carbonyl (C=O) groups excluding carboxylic acids is 3. The van der Waals surface area contributed by atoms with Crippen molar-refractivity contribution in [2.45, 2.75) is 6.54 Å². The highest BCUT2D eigenvalue weighted by Gasteiger charge is 2.17. The van der Waals surface area contributed by atoms with E-state index in [1.807, 2.05) is 0 Å². The summed E-state index contributed by atoms with van der Waals surface area (Å²) in [5.41, 5.74) is 0.707. The van der Waals surface area contributed by atoms with Gasteiger partial charge in [-0.2, -0.15) is 0 Å². The summed E-state index contributed by atoms with van der Waals surface area (Å²) in [6.45, 7) is 0.671. The van der Waals surface area contributed by atoms with E-state index in [0.29, 0.717) is 13.1 Å². The molecule has 1 aromatic carbocycles. The third kappa shape index (κ3) is 5.84. The average Bonchev–Trinajstić information content (AvgIpc) is 2.60. The molecule has 10 heteroatoms. The van der Waals surface area contributed by atoms with Crippen LogP contribution in [0.3, 0.4) is 0 Å². The maximum absolute atomic E-state index is 12.3. The van der Waals surface area contributed by atoms with Crippen molar-refractivity contribution < 1.29 is 19.3 Å². The minimum absolute atomic E-state index is 0.0243. The Balaban J connectivity index is 2.04. The van der Waals surface area contributed by atoms with E-state index >= 15 is 0 Å². The van der Waals surface area contributed by atoms with Crippen LogP contribution in [-0.2, 0) is 20.9 Å². The van der Waals surface area contributed by atoms with Gasteiger partial charge in [0.2, 0.25) is 17.7 Å². The largest absolute Gasteiger partial charge is 0.346 e. The van der Waals surface area contributed by atoms with Crippen LogP contribution in [0.15, 0.2) is 24.3 Å². The third-order valence-electron chi connectivity index (χ3n) is 3.60. The Labute approximate surface area is 143 Å². The lowest BCUT2D eigenvalue weighted by Crippen LogP contribution is -2.48. The lowest BCUT2D eigenvalue weighted by Gasteiger charge is -2.24. The van der Waals surface area contributed by atoms with Crippen molar-refractivity contribution in [1.82, 2.24) is 20.9 Å². The molecule has 0 bridgehead atoms. The second-order valence-corrected chi connectivity index (χ2v) is 5.47. The van der Waals surface area contributed by atoms with Crippen LogP contribution >= 0.6 is 0 Å². The summed E-state index contributed by atoms with van der Waals surface area (Å²) in [6.07, 6.45) is 0. The van der Waals surface area contributed by atoms with E-state index in [-0.39, 0.29) is 43.7 Å². The standard InChI is InChI=1S/C15H19N5O5/c21-13-7-16-5-6-19(15(23)9-18-14(22)8-17-13)10-11-1-3-12(4-2-11)20(24)25/h1-4,16H,5-10H2,(H,17,21)(H,18,22). The molecule has 2 rings (SSSR count). The number of hydrogen-bond donors (Lipinski definition) is 3. The van der Waals surface area contributed by atoms with E-state index < -0.39 is 10.8 Å². The van der Waals surface area contributed by atoms with Gasteiger partial charge in [-0.25, -0.2) is 0 Å². The van der Waals surface area contributed by atoms with Gasteiger partial charge in [-0.05, 0) is 5.56 Å². The van der Waals surface area contributed by atoms with Gasteiger partial charge < -0.3 is 20.9 Å². The molecule has 0 atom stereocenters. The fraction of sp³-hybridized carbons (Fsp3) is 0.400. The Hall–Kier alpha value is -3.01. The van der Waals surface area contributed by atoms with E-state index in [1.54, 1.807) is 12.1 Å². The van der Waals surface area contributed by atoms with Crippen molar-refractivity contribution in [3.8, 4) is 0 Å². The SMILES string of the molecule is O=C1CNCCN(Cc2ccc([N+](=O)[O-])cc2)C(=O)CNC(=O)CN1.